The summed E-state index contributed by atoms with van der Waals surface area (Å²) in [5.74, 6) is 1.20. The highest BCUT2D eigenvalue weighted by Gasteiger charge is 2.51. The summed E-state index contributed by atoms with van der Waals surface area (Å²) in [6.45, 7) is 2.52. The number of hydrogen-bond donors (Lipinski definition) is 0. The second-order valence-electron chi connectivity index (χ2n) is 7.79. The summed E-state index contributed by atoms with van der Waals surface area (Å²) in [6, 6.07) is 22.1. The minimum Gasteiger partial charge on any atom is -0.494 e. The number of β-lactam (4-membered cyclic amide) rings is 1. The zero-order chi connectivity index (χ0) is 22.7. The number of carbonyl (C=O) groups excluding carboxylic acids is 2. The van der Waals surface area contributed by atoms with Gasteiger partial charge < -0.3 is 14.4 Å². The van der Waals surface area contributed by atoms with Gasteiger partial charge in [-0.3, -0.25) is 14.5 Å². The molecule has 0 radical (unpaired) electrons. The van der Waals surface area contributed by atoms with Crippen molar-refractivity contribution < 1.29 is 19.1 Å². The highest BCUT2D eigenvalue weighted by atomic mass is 16.5. The Hall–Kier alpha value is -3.80. The third-order valence-electron chi connectivity index (χ3n) is 5.50. The van der Waals surface area contributed by atoms with Crippen molar-refractivity contribution in [3.05, 3.63) is 83.9 Å². The van der Waals surface area contributed by atoms with Gasteiger partial charge in [0.1, 0.15) is 23.8 Å². The van der Waals surface area contributed by atoms with Gasteiger partial charge in [0, 0.05) is 31.0 Å². The van der Waals surface area contributed by atoms with Crippen molar-refractivity contribution in [1.82, 2.24) is 0 Å². The highest BCUT2D eigenvalue weighted by Crippen LogP contribution is 2.42. The van der Waals surface area contributed by atoms with Crippen LogP contribution >= 0.6 is 0 Å². The molecule has 4 rings (SSSR count). The fourth-order valence-electron chi connectivity index (χ4n) is 3.80. The number of amides is 1. The van der Waals surface area contributed by atoms with Gasteiger partial charge in [-0.25, -0.2) is 0 Å². The van der Waals surface area contributed by atoms with E-state index in [0.717, 1.165) is 29.0 Å². The molecule has 0 unspecified atom stereocenters. The average Bonchev–Trinajstić information content (AvgIpc) is 2.82. The topological polar surface area (TPSA) is 59.1 Å². The molecule has 0 spiro atoms. The SMILES string of the molecule is CCOc1ccc(N2C(=O)[C@H](Oc3ccc(C=O)cc3)[C@@H]2c2ccc(N(C)C)cc2)cc1. The van der Waals surface area contributed by atoms with E-state index in [9.17, 15) is 9.59 Å². The maximum Gasteiger partial charge on any atom is 0.271 e. The molecule has 2 atom stereocenters. The van der Waals surface area contributed by atoms with Crippen LogP contribution in [0.5, 0.6) is 11.5 Å². The molecule has 1 heterocycles. The molecule has 3 aromatic rings. The van der Waals surface area contributed by atoms with Crippen LogP contribution in [0.2, 0.25) is 0 Å². The molecule has 6 nitrogen and oxygen atoms in total. The second-order valence-corrected chi connectivity index (χ2v) is 7.79. The number of anilines is 2. The molecule has 164 valence electrons. The summed E-state index contributed by atoms with van der Waals surface area (Å²) in [5.41, 5.74) is 3.41. The van der Waals surface area contributed by atoms with E-state index in [1.165, 1.54) is 0 Å². The first-order valence-electron chi connectivity index (χ1n) is 10.6. The van der Waals surface area contributed by atoms with E-state index >= 15 is 0 Å². The first-order valence-corrected chi connectivity index (χ1v) is 10.6. The predicted octanol–water partition coefficient (Wildman–Crippen LogP) is 4.50. The fourth-order valence-corrected chi connectivity index (χ4v) is 3.80. The molecule has 1 fully saturated rings. The summed E-state index contributed by atoms with van der Waals surface area (Å²) in [5, 5.41) is 0. The molecule has 0 aliphatic carbocycles. The van der Waals surface area contributed by atoms with Crippen molar-refractivity contribution in [2.75, 3.05) is 30.5 Å². The van der Waals surface area contributed by atoms with Crippen LogP contribution in [0.15, 0.2) is 72.8 Å². The molecule has 1 aliphatic rings. The maximum atomic E-state index is 13.2. The Balaban J connectivity index is 1.64. The standard InChI is InChI=1S/C26H26N2O4/c1-4-31-22-15-11-21(12-16-22)28-24(19-7-9-20(10-8-19)27(2)3)25(26(28)30)32-23-13-5-18(17-29)6-14-23/h5-17,24-25H,4H2,1-3H3/t24-,25+/m0/s1. The predicted molar refractivity (Wildman–Crippen MR) is 125 cm³/mol. The van der Waals surface area contributed by atoms with E-state index in [1.54, 1.807) is 29.2 Å². The van der Waals surface area contributed by atoms with E-state index in [4.69, 9.17) is 9.47 Å². The fraction of sp³-hybridized carbons (Fsp3) is 0.231. The Morgan fingerprint density at radius 3 is 2.09 bits per heavy atom. The number of hydrogen-bond acceptors (Lipinski definition) is 5. The number of benzene rings is 3. The van der Waals surface area contributed by atoms with Gasteiger partial charge in [0.15, 0.2) is 0 Å². The van der Waals surface area contributed by atoms with Crippen LogP contribution in [0, 0.1) is 0 Å². The normalized spacial score (nSPS) is 17.5. The summed E-state index contributed by atoms with van der Waals surface area (Å²) >= 11 is 0. The first kappa shape index (κ1) is 21.4. The highest BCUT2D eigenvalue weighted by molar-refractivity contribution is 6.05. The molecule has 3 aromatic carbocycles. The Labute approximate surface area is 188 Å². The van der Waals surface area contributed by atoms with Crippen LogP contribution in [0.1, 0.15) is 28.9 Å². The van der Waals surface area contributed by atoms with Crippen LogP contribution in [-0.2, 0) is 4.79 Å². The van der Waals surface area contributed by atoms with E-state index in [2.05, 4.69) is 0 Å². The third kappa shape index (κ3) is 4.17. The molecule has 0 bridgehead atoms. The lowest BCUT2D eigenvalue weighted by molar-refractivity contribution is -0.135. The van der Waals surface area contributed by atoms with E-state index in [1.807, 2.05) is 74.4 Å². The monoisotopic (exact) mass is 430 g/mol. The van der Waals surface area contributed by atoms with Crippen LogP contribution in [-0.4, -0.2) is 39.0 Å². The molecule has 0 N–H and O–H groups in total. The number of carbonyl (C=O) groups is 2. The molecule has 32 heavy (non-hydrogen) atoms. The number of rotatable bonds is 8. The van der Waals surface area contributed by atoms with Crippen LogP contribution in [0.25, 0.3) is 0 Å². The summed E-state index contributed by atoms with van der Waals surface area (Å²) in [7, 11) is 3.98. The van der Waals surface area contributed by atoms with Crippen molar-refractivity contribution in [3.63, 3.8) is 0 Å². The lowest BCUT2D eigenvalue weighted by Crippen LogP contribution is -2.61. The molecule has 6 heteroatoms. The molecule has 0 saturated carbocycles. The zero-order valence-corrected chi connectivity index (χ0v) is 18.4. The number of nitrogens with zero attached hydrogens (tertiary/aromatic N) is 2. The van der Waals surface area contributed by atoms with Crippen molar-refractivity contribution in [2.24, 2.45) is 0 Å². The summed E-state index contributed by atoms with van der Waals surface area (Å²) in [6.07, 6.45) is 0.120. The molecule has 0 aromatic heterocycles. The lowest BCUT2D eigenvalue weighted by Gasteiger charge is -2.46. The maximum absolute atomic E-state index is 13.2. The van der Waals surface area contributed by atoms with Gasteiger partial charge in [-0.15, -0.1) is 0 Å². The van der Waals surface area contributed by atoms with E-state index in [0.29, 0.717) is 17.9 Å². The van der Waals surface area contributed by atoms with Gasteiger partial charge >= 0.3 is 0 Å². The molecular weight excluding hydrogens is 404 g/mol. The number of aldehydes is 1. The summed E-state index contributed by atoms with van der Waals surface area (Å²) < 4.78 is 11.6. The average molecular weight is 431 g/mol. The Bertz CT molecular complexity index is 1080. The minimum absolute atomic E-state index is 0.115. The molecule has 1 aliphatic heterocycles. The largest absolute Gasteiger partial charge is 0.494 e. The van der Waals surface area contributed by atoms with Crippen LogP contribution in [0.4, 0.5) is 11.4 Å². The van der Waals surface area contributed by atoms with E-state index < -0.39 is 6.10 Å². The van der Waals surface area contributed by atoms with Crippen molar-refractivity contribution in [1.29, 1.82) is 0 Å². The smallest absolute Gasteiger partial charge is 0.271 e. The van der Waals surface area contributed by atoms with Crippen LogP contribution < -0.4 is 19.3 Å². The van der Waals surface area contributed by atoms with Crippen molar-refractivity contribution >= 4 is 23.6 Å². The Kier molecular flexibility index (Phi) is 6.12. The zero-order valence-electron chi connectivity index (χ0n) is 18.4. The van der Waals surface area contributed by atoms with Crippen molar-refractivity contribution in [2.45, 2.75) is 19.1 Å². The van der Waals surface area contributed by atoms with E-state index in [-0.39, 0.29) is 11.9 Å². The van der Waals surface area contributed by atoms with Gasteiger partial charge in [-0.2, -0.15) is 0 Å². The first-order chi connectivity index (χ1) is 15.5. The Morgan fingerprint density at radius 1 is 0.906 bits per heavy atom. The van der Waals surface area contributed by atoms with Crippen LogP contribution in [0.3, 0.4) is 0 Å². The number of ether oxygens (including phenoxy) is 2. The van der Waals surface area contributed by atoms with Gasteiger partial charge in [0.25, 0.3) is 5.91 Å². The van der Waals surface area contributed by atoms with Crippen molar-refractivity contribution in [3.8, 4) is 11.5 Å². The Morgan fingerprint density at radius 2 is 1.53 bits per heavy atom. The summed E-state index contributed by atoms with van der Waals surface area (Å²) in [4.78, 5) is 27.9. The molecular formula is C26H26N2O4. The van der Waals surface area contributed by atoms with Gasteiger partial charge in [0.2, 0.25) is 6.10 Å². The molecule has 1 saturated heterocycles. The third-order valence-corrected chi connectivity index (χ3v) is 5.50. The lowest BCUT2D eigenvalue weighted by atomic mass is 9.89. The quantitative estimate of drug-likeness (QED) is 0.389. The minimum atomic E-state index is -0.658. The molecule has 1 amide bonds. The van der Waals surface area contributed by atoms with Gasteiger partial charge in [-0.1, -0.05) is 12.1 Å². The second kappa shape index (κ2) is 9.14. The van der Waals surface area contributed by atoms with Gasteiger partial charge in [0.05, 0.1) is 6.61 Å². The van der Waals surface area contributed by atoms with Gasteiger partial charge in [-0.05, 0) is 73.2 Å².